The van der Waals surface area contributed by atoms with E-state index in [0.717, 1.165) is 31.3 Å². The second kappa shape index (κ2) is 5.62. The molecule has 5 nitrogen and oxygen atoms in total. The Morgan fingerprint density at radius 3 is 2.48 bits per heavy atom. The molecule has 1 heterocycles. The maximum absolute atomic E-state index is 12.5. The number of fused-ring (bicyclic) bond motifs is 5. The van der Waals surface area contributed by atoms with Gasteiger partial charge in [-0.15, -0.1) is 0 Å². The molecule has 2 fully saturated rings. The van der Waals surface area contributed by atoms with Gasteiger partial charge in [-0.3, -0.25) is 19.3 Å². The summed E-state index contributed by atoms with van der Waals surface area (Å²) in [6.45, 7) is 0.928. The number of carbonyl (C=O) groups excluding carboxylic acids is 3. The lowest BCUT2D eigenvalue weighted by Crippen LogP contribution is -2.36. The van der Waals surface area contributed by atoms with Crippen molar-refractivity contribution < 1.29 is 14.4 Å². The summed E-state index contributed by atoms with van der Waals surface area (Å²) in [6, 6.07) is 0. The number of amides is 3. The van der Waals surface area contributed by atoms with Crippen molar-refractivity contribution in [3.8, 4) is 0 Å². The molecular formula is C18H22N2O3. The Kier molecular flexibility index (Phi) is 3.58. The summed E-state index contributed by atoms with van der Waals surface area (Å²) in [5.74, 6) is 0.302. The Labute approximate surface area is 135 Å². The van der Waals surface area contributed by atoms with Gasteiger partial charge in [-0.25, -0.2) is 0 Å². The van der Waals surface area contributed by atoms with E-state index in [1.54, 1.807) is 0 Å². The normalized spacial score (nSPS) is 34.3. The molecule has 4 aliphatic rings. The van der Waals surface area contributed by atoms with E-state index < -0.39 is 0 Å². The first-order chi connectivity index (χ1) is 11.2. The molecule has 0 aromatic heterocycles. The number of likely N-dealkylation sites (tertiary alicyclic amines) is 1. The zero-order valence-electron chi connectivity index (χ0n) is 13.2. The summed E-state index contributed by atoms with van der Waals surface area (Å²) in [6.07, 6.45) is 10.7. The van der Waals surface area contributed by atoms with Gasteiger partial charge in [-0.1, -0.05) is 18.2 Å². The van der Waals surface area contributed by atoms with Crippen molar-refractivity contribution in [2.45, 2.75) is 32.1 Å². The van der Waals surface area contributed by atoms with E-state index in [-0.39, 0.29) is 41.4 Å². The number of carbonyl (C=O) groups is 3. The van der Waals surface area contributed by atoms with Crippen molar-refractivity contribution in [3.63, 3.8) is 0 Å². The fourth-order valence-electron chi connectivity index (χ4n) is 4.61. The lowest BCUT2D eigenvalue weighted by Gasteiger charge is -2.17. The molecule has 1 saturated carbocycles. The van der Waals surface area contributed by atoms with Crippen LogP contribution in [-0.2, 0) is 14.4 Å². The van der Waals surface area contributed by atoms with Gasteiger partial charge in [0, 0.05) is 18.7 Å². The number of allylic oxidation sites excluding steroid dienone is 3. The largest absolute Gasteiger partial charge is 0.352 e. The van der Waals surface area contributed by atoms with E-state index in [1.807, 2.05) is 6.08 Å². The minimum Gasteiger partial charge on any atom is -0.352 e. The smallest absolute Gasteiger partial charge is 0.246 e. The third-order valence-corrected chi connectivity index (χ3v) is 5.74. The van der Waals surface area contributed by atoms with Crippen LogP contribution in [0.2, 0.25) is 0 Å². The third-order valence-electron chi connectivity index (χ3n) is 5.74. The standard InChI is InChI=1S/C18H22N2O3/c21-16(11-4-1-2-5-11)19-8-3-9-20-17(22)14-12-6-7-13(10-12)15(14)18(20)23/h4,6-7,12-15H,1-3,5,8-10H2,(H,19,21)/t12-,13-,14-,15+/m0/s1. The summed E-state index contributed by atoms with van der Waals surface area (Å²) >= 11 is 0. The highest BCUT2D eigenvalue weighted by Crippen LogP contribution is 2.52. The number of nitrogens with zero attached hydrogens (tertiary/aromatic N) is 1. The summed E-state index contributed by atoms with van der Waals surface area (Å²) in [5.41, 5.74) is 0.871. The zero-order valence-corrected chi connectivity index (χ0v) is 13.2. The molecule has 23 heavy (non-hydrogen) atoms. The molecule has 0 unspecified atom stereocenters. The Morgan fingerprint density at radius 1 is 1.17 bits per heavy atom. The first kappa shape index (κ1) is 14.7. The van der Waals surface area contributed by atoms with Crippen molar-refractivity contribution in [2.75, 3.05) is 13.1 Å². The summed E-state index contributed by atoms with van der Waals surface area (Å²) < 4.78 is 0. The van der Waals surface area contributed by atoms with Gasteiger partial charge < -0.3 is 5.32 Å². The molecule has 0 aromatic rings. The Bertz CT molecular complexity index is 592. The van der Waals surface area contributed by atoms with Crippen molar-refractivity contribution in [1.29, 1.82) is 0 Å². The Hall–Kier alpha value is -1.91. The fourth-order valence-corrected chi connectivity index (χ4v) is 4.61. The minimum absolute atomic E-state index is 0.000638. The van der Waals surface area contributed by atoms with Crippen LogP contribution in [0.1, 0.15) is 32.1 Å². The molecule has 3 aliphatic carbocycles. The third kappa shape index (κ3) is 2.33. The maximum Gasteiger partial charge on any atom is 0.246 e. The quantitative estimate of drug-likeness (QED) is 0.474. The van der Waals surface area contributed by atoms with Crippen LogP contribution in [0.3, 0.4) is 0 Å². The fraction of sp³-hybridized carbons (Fsp3) is 0.611. The van der Waals surface area contributed by atoms with Gasteiger partial charge in [-0.05, 0) is 43.9 Å². The van der Waals surface area contributed by atoms with Gasteiger partial charge in [0.25, 0.3) is 0 Å². The molecule has 1 N–H and O–H groups in total. The lowest BCUT2D eigenvalue weighted by molar-refractivity contribution is -0.140. The van der Waals surface area contributed by atoms with Crippen LogP contribution >= 0.6 is 0 Å². The number of rotatable bonds is 5. The van der Waals surface area contributed by atoms with Crippen LogP contribution in [-0.4, -0.2) is 35.7 Å². The number of nitrogens with one attached hydrogen (secondary N) is 1. The maximum atomic E-state index is 12.5. The molecule has 2 bridgehead atoms. The van der Waals surface area contributed by atoms with Gasteiger partial charge in [0.15, 0.2) is 0 Å². The molecule has 3 amide bonds. The summed E-state index contributed by atoms with van der Waals surface area (Å²) in [5, 5.41) is 2.89. The van der Waals surface area contributed by atoms with E-state index in [9.17, 15) is 14.4 Å². The average Bonchev–Trinajstić information content (AvgIpc) is 3.30. The highest BCUT2D eigenvalue weighted by Gasteiger charge is 2.58. The average molecular weight is 314 g/mol. The molecule has 0 spiro atoms. The molecular weight excluding hydrogens is 292 g/mol. The first-order valence-corrected chi connectivity index (χ1v) is 8.67. The first-order valence-electron chi connectivity index (χ1n) is 8.67. The van der Waals surface area contributed by atoms with Crippen LogP contribution in [0.4, 0.5) is 0 Å². The van der Waals surface area contributed by atoms with E-state index in [1.165, 1.54) is 4.90 Å². The van der Waals surface area contributed by atoms with E-state index in [4.69, 9.17) is 0 Å². The van der Waals surface area contributed by atoms with Crippen molar-refractivity contribution in [2.24, 2.45) is 23.7 Å². The van der Waals surface area contributed by atoms with Crippen molar-refractivity contribution >= 4 is 17.7 Å². The molecule has 1 aliphatic heterocycles. The SMILES string of the molecule is O=C(NCCCN1C(=O)[C@@H]2[C@H](C1=O)[C@H]1C=C[C@H]2C1)C1=CCCC1. The predicted molar refractivity (Wildman–Crippen MR) is 84.0 cm³/mol. The van der Waals surface area contributed by atoms with Crippen LogP contribution in [0.25, 0.3) is 0 Å². The molecule has 4 atom stereocenters. The zero-order chi connectivity index (χ0) is 16.0. The molecule has 5 heteroatoms. The minimum atomic E-state index is -0.115. The second-order valence-corrected chi connectivity index (χ2v) is 7.06. The molecule has 1 saturated heterocycles. The van der Waals surface area contributed by atoms with E-state index in [0.29, 0.717) is 19.5 Å². The monoisotopic (exact) mass is 314 g/mol. The highest BCUT2D eigenvalue weighted by atomic mass is 16.2. The van der Waals surface area contributed by atoms with Crippen LogP contribution < -0.4 is 5.32 Å². The number of hydrogen-bond donors (Lipinski definition) is 1. The Balaban J connectivity index is 1.28. The van der Waals surface area contributed by atoms with Gasteiger partial charge in [0.2, 0.25) is 17.7 Å². The highest BCUT2D eigenvalue weighted by molar-refractivity contribution is 6.06. The number of imide groups is 1. The van der Waals surface area contributed by atoms with Crippen LogP contribution in [0.5, 0.6) is 0 Å². The molecule has 122 valence electrons. The van der Waals surface area contributed by atoms with Crippen LogP contribution in [0, 0.1) is 23.7 Å². The molecule has 4 rings (SSSR count). The lowest BCUT2D eigenvalue weighted by atomic mass is 9.85. The molecule has 0 radical (unpaired) electrons. The second-order valence-electron chi connectivity index (χ2n) is 7.06. The van der Waals surface area contributed by atoms with Crippen molar-refractivity contribution in [1.82, 2.24) is 10.2 Å². The number of hydrogen-bond acceptors (Lipinski definition) is 3. The van der Waals surface area contributed by atoms with Gasteiger partial charge in [0.1, 0.15) is 0 Å². The van der Waals surface area contributed by atoms with E-state index in [2.05, 4.69) is 17.5 Å². The van der Waals surface area contributed by atoms with Gasteiger partial charge in [0.05, 0.1) is 11.8 Å². The van der Waals surface area contributed by atoms with Gasteiger partial charge >= 0.3 is 0 Å². The van der Waals surface area contributed by atoms with Crippen LogP contribution in [0.15, 0.2) is 23.8 Å². The van der Waals surface area contributed by atoms with E-state index >= 15 is 0 Å². The predicted octanol–water partition coefficient (Wildman–Crippen LogP) is 1.41. The Morgan fingerprint density at radius 2 is 1.87 bits per heavy atom. The topological polar surface area (TPSA) is 66.5 Å². The molecule has 0 aromatic carbocycles. The summed E-state index contributed by atoms with van der Waals surface area (Å²) in [4.78, 5) is 38.3. The van der Waals surface area contributed by atoms with Crippen molar-refractivity contribution in [3.05, 3.63) is 23.8 Å². The van der Waals surface area contributed by atoms with Gasteiger partial charge in [-0.2, -0.15) is 0 Å². The summed E-state index contributed by atoms with van der Waals surface area (Å²) in [7, 11) is 0.